The van der Waals surface area contributed by atoms with E-state index in [4.69, 9.17) is 9.84 Å². The van der Waals surface area contributed by atoms with Crippen LogP contribution in [0, 0.1) is 17.8 Å². The molecule has 1 atom stereocenters. The SMILES string of the molecule is C=C(CO)C(=O)OCC(CO)C1CCC(C=O)CC1. The summed E-state index contributed by atoms with van der Waals surface area (Å²) in [6, 6.07) is 0. The molecule has 108 valence electrons. The van der Waals surface area contributed by atoms with Crippen molar-refractivity contribution in [3.05, 3.63) is 12.2 Å². The summed E-state index contributed by atoms with van der Waals surface area (Å²) in [6.45, 7) is 3.04. The van der Waals surface area contributed by atoms with Gasteiger partial charge in [-0.15, -0.1) is 0 Å². The van der Waals surface area contributed by atoms with Gasteiger partial charge in [0, 0.05) is 18.4 Å². The lowest BCUT2D eigenvalue weighted by Gasteiger charge is -2.30. The number of hydrogen-bond acceptors (Lipinski definition) is 5. The Kier molecular flexibility index (Phi) is 6.73. The monoisotopic (exact) mass is 270 g/mol. The number of aliphatic hydroxyl groups excluding tert-OH is 2. The summed E-state index contributed by atoms with van der Waals surface area (Å²) in [4.78, 5) is 22.0. The lowest BCUT2D eigenvalue weighted by Crippen LogP contribution is -2.29. The number of carbonyl (C=O) groups excluding carboxylic acids is 2. The fraction of sp³-hybridized carbons (Fsp3) is 0.714. The number of aliphatic hydroxyl groups is 2. The summed E-state index contributed by atoms with van der Waals surface area (Å²) in [5.74, 6) is -0.325. The van der Waals surface area contributed by atoms with Crippen molar-refractivity contribution in [1.29, 1.82) is 0 Å². The van der Waals surface area contributed by atoms with Gasteiger partial charge in [-0.2, -0.15) is 0 Å². The van der Waals surface area contributed by atoms with Crippen molar-refractivity contribution in [1.82, 2.24) is 0 Å². The quantitative estimate of drug-likeness (QED) is 0.404. The van der Waals surface area contributed by atoms with E-state index in [1.54, 1.807) is 0 Å². The largest absolute Gasteiger partial charge is 0.462 e. The standard InChI is InChI=1S/C14H22O5/c1-10(6-15)14(18)19-9-13(8-17)12-4-2-11(7-16)3-5-12/h7,11-13,15,17H,1-6,8-9H2. The molecule has 0 aliphatic heterocycles. The van der Waals surface area contributed by atoms with Crippen LogP contribution in [0.4, 0.5) is 0 Å². The van der Waals surface area contributed by atoms with Crippen molar-refractivity contribution in [3.63, 3.8) is 0 Å². The molecule has 1 rings (SSSR count). The number of rotatable bonds is 7. The molecule has 0 heterocycles. The van der Waals surface area contributed by atoms with Gasteiger partial charge in [-0.25, -0.2) is 4.79 Å². The molecule has 1 saturated carbocycles. The lowest BCUT2D eigenvalue weighted by atomic mass is 9.76. The molecular formula is C14H22O5. The van der Waals surface area contributed by atoms with E-state index < -0.39 is 12.6 Å². The third-order valence-electron chi connectivity index (χ3n) is 3.82. The van der Waals surface area contributed by atoms with Crippen molar-refractivity contribution < 1.29 is 24.5 Å². The number of esters is 1. The van der Waals surface area contributed by atoms with Gasteiger partial charge >= 0.3 is 5.97 Å². The normalized spacial score (nSPS) is 24.5. The first kappa shape index (κ1) is 15.9. The second kappa shape index (κ2) is 8.07. The lowest BCUT2D eigenvalue weighted by molar-refractivity contribution is -0.142. The van der Waals surface area contributed by atoms with Crippen molar-refractivity contribution in [2.75, 3.05) is 19.8 Å². The van der Waals surface area contributed by atoms with E-state index in [2.05, 4.69) is 6.58 Å². The van der Waals surface area contributed by atoms with Crippen molar-refractivity contribution in [3.8, 4) is 0 Å². The Morgan fingerprint density at radius 3 is 2.42 bits per heavy atom. The Morgan fingerprint density at radius 1 is 1.32 bits per heavy atom. The van der Waals surface area contributed by atoms with Crippen molar-refractivity contribution >= 4 is 12.3 Å². The van der Waals surface area contributed by atoms with Crippen LogP contribution in [0.3, 0.4) is 0 Å². The van der Waals surface area contributed by atoms with Crippen LogP contribution in [0.2, 0.25) is 0 Å². The van der Waals surface area contributed by atoms with Gasteiger partial charge in [0.05, 0.1) is 18.8 Å². The van der Waals surface area contributed by atoms with Crippen molar-refractivity contribution in [2.45, 2.75) is 25.7 Å². The zero-order valence-electron chi connectivity index (χ0n) is 11.1. The molecule has 1 fully saturated rings. The molecule has 0 amide bonds. The maximum absolute atomic E-state index is 11.4. The van der Waals surface area contributed by atoms with Crippen LogP contribution in [0.15, 0.2) is 12.2 Å². The highest BCUT2D eigenvalue weighted by Gasteiger charge is 2.28. The highest BCUT2D eigenvalue weighted by molar-refractivity contribution is 5.87. The molecule has 1 aliphatic rings. The Morgan fingerprint density at radius 2 is 1.95 bits per heavy atom. The van der Waals surface area contributed by atoms with E-state index >= 15 is 0 Å². The molecule has 5 nitrogen and oxygen atoms in total. The Labute approximate surface area is 113 Å². The van der Waals surface area contributed by atoms with E-state index in [1.807, 2.05) is 0 Å². The third-order valence-corrected chi connectivity index (χ3v) is 3.82. The van der Waals surface area contributed by atoms with Gasteiger partial charge < -0.3 is 19.7 Å². The Bertz CT molecular complexity index is 318. The fourth-order valence-electron chi connectivity index (χ4n) is 2.44. The minimum atomic E-state index is -0.623. The van der Waals surface area contributed by atoms with Crippen LogP contribution < -0.4 is 0 Å². The first-order valence-electron chi connectivity index (χ1n) is 6.64. The molecule has 0 saturated heterocycles. The zero-order chi connectivity index (χ0) is 14.3. The first-order valence-corrected chi connectivity index (χ1v) is 6.64. The second-order valence-corrected chi connectivity index (χ2v) is 5.11. The number of hydrogen-bond donors (Lipinski definition) is 2. The number of aldehydes is 1. The highest BCUT2D eigenvalue weighted by Crippen LogP contribution is 2.32. The minimum absolute atomic E-state index is 0.0151. The van der Waals surface area contributed by atoms with Gasteiger partial charge in [0.15, 0.2) is 0 Å². The van der Waals surface area contributed by atoms with E-state index in [0.717, 1.165) is 32.0 Å². The summed E-state index contributed by atoms with van der Waals surface area (Å²) >= 11 is 0. The Hall–Kier alpha value is -1.20. The molecule has 19 heavy (non-hydrogen) atoms. The minimum Gasteiger partial charge on any atom is -0.462 e. The fourth-order valence-corrected chi connectivity index (χ4v) is 2.44. The van der Waals surface area contributed by atoms with Crippen LogP contribution in [-0.2, 0) is 14.3 Å². The van der Waals surface area contributed by atoms with Crippen LogP contribution in [0.1, 0.15) is 25.7 Å². The molecule has 5 heteroatoms. The molecule has 1 unspecified atom stereocenters. The second-order valence-electron chi connectivity index (χ2n) is 5.11. The van der Waals surface area contributed by atoms with Gasteiger partial charge in [-0.1, -0.05) is 6.58 Å². The summed E-state index contributed by atoms with van der Waals surface area (Å²) in [5, 5.41) is 18.1. The highest BCUT2D eigenvalue weighted by atomic mass is 16.5. The predicted octanol–water partition coefficient (Wildman–Crippen LogP) is 0.692. The summed E-state index contributed by atoms with van der Waals surface area (Å²) < 4.78 is 5.03. The summed E-state index contributed by atoms with van der Waals surface area (Å²) in [5.41, 5.74) is 0.0151. The van der Waals surface area contributed by atoms with Gasteiger partial charge in [-0.3, -0.25) is 0 Å². The molecular weight excluding hydrogens is 248 g/mol. The molecule has 0 aromatic carbocycles. The number of ether oxygens (including phenoxy) is 1. The van der Waals surface area contributed by atoms with E-state index in [0.29, 0.717) is 0 Å². The van der Waals surface area contributed by atoms with E-state index in [1.165, 1.54) is 0 Å². The van der Waals surface area contributed by atoms with Gasteiger partial charge in [0.1, 0.15) is 6.29 Å². The molecule has 1 aliphatic carbocycles. The van der Waals surface area contributed by atoms with E-state index in [-0.39, 0.29) is 36.5 Å². The number of carbonyl (C=O) groups is 2. The van der Waals surface area contributed by atoms with Gasteiger partial charge in [0.25, 0.3) is 0 Å². The summed E-state index contributed by atoms with van der Waals surface area (Å²) in [7, 11) is 0. The molecule has 0 radical (unpaired) electrons. The average molecular weight is 270 g/mol. The van der Waals surface area contributed by atoms with Crippen molar-refractivity contribution in [2.24, 2.45) is 17.8 Å². The first-order chi connectivity index (χ1) is 9.12. The topological polar surface area (TPSA) is 83.8 Å². The molecule has 2 N–H and O–H groups in total. The molecule has 0 aromatic rings. The maximum Gasteiger partial charge on any atom is 0.335 e. The zero-order valence-corrected chi connectivity index (χ0v) is 11.1. The smallest absolute Gasteiger partial charge is 0.335 e. The van der Waals surface area contributed by atoms with Crippen LogP contribution in [0.25, 0.3) is 0 Å². The molecule has 0 spiro atoms. The van der Waals surface area contributed by atoms with Crippen LogP contribution in [0.5, 0.6) is 0 Å². The third kappa shape index (κ3) is 4.76. The van der Waals surface area contributed by atoms with Crippen LogP contribution in [-0.4, -0.2) is 42.3 Å². The van der Waals surface area contributed by atoms with E-state index in [9.17, 15) is 14.7 Å². The molecule has 0 bridgehead atoms. The van der Waals surface area contributed by atoms with Crippen LogP contribution >= 0.6 is 0 Å². The molecule has 0 aromatic heterocycles. The van der Waals surface area contributed by atoms with Gasteiger partial charge in [0.2, 0.25) is 0 Å². The van der Waals surface area contributed by atoms with Gasteiger partial charge in [-0.05, 0) is 31.6 Å². The average Bonchev–Trinajstić information content (AvgIpc) is 2.47. The maximum atomic E-state index is 11.4. The summed E-state index contributed by atoms with van der Waals surface area (Å²) in [6.07, 6.45) is 4.40. The Balaban J connectivity index is 2.39. The predicted molar refractivity (Wildman–Crippen MR) is 69.3 cm³/mol.